The number of carbonyl (C=O) groups excluding carboxylic acids is 1. The first kappa shape index (κ1) is 17.7. The monoisotopic (exact) mass is 336 g/mol. The Morgan fingerprint density at radius 1 is 1.25 bits per heavy atom. The molecule has 5 nitrogen and oxygen atoms in total. The van der Waals surface area contributed by atoms with Gasteiger partial charge in [-0.05, 0) is 18.1 Å². The highest BCUT2D eigenvalue weighted by molar-refractivity contribution is 5.89. The maximum Gasteiger partial charge on any atom is 0.319 e. The topological polar surface area (TPSA) is 70.6 Å². The van der Waals surface area contributed by atoms with E-state index in [1.165, 1.54) is 0 Å². The first-order valence-corrected chi connectivity index (χ1v) is 7.24. The number of aliphatic hydroxyl groups is 1. The number of hydrogen-bond acceptors (Lipinski definition) is 3. The van der Waals surface area contributed by atoms with Crippen LogP contribution >= 0.6 is 0 Å². The fraction of sp³-hybridized carbons (Fsp3) is 0.235. The normalized spacial score (nSPS) is 11.7. The van der Waals surface area contributed by atoms with E-state index in [1.54, 1.807) is 12.1 Å². The summed E-state index contributed by atoms with van der Waals surface area (Å²) >= 11 is 0. The van der Waals surface area contributed by atoms with Crippen LogP contribution in [0.4, 0.5) is 19.3 Å². The Balaban J connectivity index is 1.95. The van der Waals surface area contributed by atoms with Gasteiger partial charge in [0.15, 0.2) is 17.4 Å². The molecular weight excluding hydrogens is 318 g/mol. The van der Waals surface area contributed by atoms with Crippen molar-refractivity contribution in [1.82, 2.24) is 5.32 Å². The highest BCUT2D eigenvalue weighted by Crippen LogP contribution is 2.25. The Bertz CT molecular complexity index is 715. The van der Waals surface area contributed by atoms with Gasteiger partial charge in [-0.15, -0.1) is 0 Å². The van der Waals surface area contributed by atoms with Crippen molar-refractivity contribution in [2.24, 2.45) is 0 Å². The van der Waals surface area contributed by atoms with E-state index in [4.69, 9.17) is 0 Å². The predicted octanol–water partition coefficient (Wildman–Crippen LogP) is 3.14. The van der Waals surface area contributed by atoms with Crippen LogP contribution in [-0.2, 0) is 0 Å². The largest absolute Gasteiger partial charge is 0.491 e. The maximum atomic E-state index is 13.6. The van der Waals surface area contributed by atoms with Crippen molar-refractivity contribution in [1.29, 1.82) is 0 Å². The van der Waals surface area contributed by atoms with E-state index in [9.17, 15) is 18.7 Å². The standard InChI is InChI=1S/C17H18F2N2O3/c1-10-5-3-4-6-12(10)15(22)9-20-17(23)21-11-7-13(18)16(24-2)14(19)8-11/h3-8,15,22H,9H2,1-2H3,(H2,20,21,23). The molecule has 0 saturated carbocycles. The summed E-state index contributed by atoms with van der Waals surface area (Å²) in [5, 5.41) is 14.8. The molecule has 0 aromatic heterocycles. The molecule has 0 aliphatic rings. The lowest BCUT2D eigenvalue weighted by Crippen LogP contribution is -2.32. The Hall–Kier alpha value is -2.67. The molecular formula is C17H18F2N2O3. The molecule has 128 valence electrons. The minimum atomic E-state index is -0.923. The van der Waals surface area contributed by atoms with Crippen molar-refractivity contribution in [3.8, 4) is 5.75 Å². The van der Waals surface area contributed by atoms with Gasteiger partial charge >= 0.3 is 6.03 Å². The van der Waals surface area contributed by atoms with Crippen LogP contribution in [0.1, 0.15) is 17.2 Å². The van der Waals surface area contributed by atoms with E-state index in [0.717, 1.165) is 24.8 Å². The van der Waals surface area contributed by atoms with Crippen molar-refractivity contribution in [2.75, 3.05) is 19.0 Å². The second-order valence-corrected chi connectivity index (χ2v) is 5.18. The lowest BCUT2D eigenvalue weighted by molar-refractivity contribution is 0.174. The third-order valence-corrected chi connectivity index (χ3v) is 3.46. The van der Waals surface area contributed by atoms with Gasteiger partial charge in [0.2, 0.25) is 0 Å². The summed E-state index contributed by atoms with van der Waals surface area (Å²) in [6.45, 7) is 1.80. The van der Waals surface area contributed by atoms with E-state index in [1.807, 2.05) is 19.1 Å². The molecule has 0 aliphatic heterocycles. The SMILES string of the molecule is COc1c(F)cc(NC(=O)NCC(O)c2ccccc2C)cc1F. The number of amides is 2. The molecule has 0 fully saturated rings. The van der Waals surface area contributed by atoms with Gasteiger partial charge in [0.05, 0.1) is 13.2 Å². The van der Waals surface area contributed by atoms with Gasteiger partial charge in [-0.3, -0.25) is 0 Å². The third-order valence-electron chi connectivity index (χ3n) is 3.46. The van der Waals surface area contributed by atoms with E-state index in [-0.39, 0.29) is 12.2 Å². The van der Waals surface area contributed by atoms with Gasteiger partial charge in [0, 0.05) is 24.4 Å². The fourth-order valence-corrected chi connectivity index (χ4v) is 2.26. The molecule has 0 spiro atoms. The van der Waals surface area contributed by atoms with Crippen molar-refractivity contribution in [2.45, 2.75) is 13.0 Å². The van der Waals surface area contributed by atoms with Crippen LogP contribution in [0.25, 0.3) is 0 Å². The van der Waals surface area contributed by atoms with Crippen molar-refractivity contribution < 1.29 is 23.4 Å². The van der Waals surface area contributed by atoms with Gasteiger partial charge in [0.1, 0.15) is 0 Å². The molecule has 2 amide bonds. The minimum absolute atomic E-state index is 0.0438. The van der Waals surface area contributed by atoms with E-state index in [0.29, 0.717) is 5.56 Å². The molecule has 0 heterocycles. The van der Waals surface area contributed by atoms with E-state index < -0.39 is 29.5 Å². The quantitative estimate of drug-likeness (QED) is 0.785. The van der Waals surface area contributed by atoms with Gasteiger partial charge in [0.25, 0.3) is 0 Å². The zero-order valence-electron chi connectivity index (χ0n) is 13.3. The number of urea groups is 1. The number of aryl methyl sites for hydroxylation is 1. The third kappa shape index (κ3) is 4.20. The maximum absolute atomic E-state index is 13.6. The smallest absolute Gasteiger partial charge is 0.319 e. The summed E-state index contributed by atoms with van der Waals surface area (Å²) in [6.07, 6.45) is -0.888. The molecule has 0 bridgehead atoms. The summed E-state index contributed by atoms with van der Waals surface area (Å²) in [5.74, 6) is -2.36. The van der Waals surface area contributed by atoms with Gasteiger partial charge in [-0.1, -0.05) is 24.3 Å². The summed E-state index contributed by atoms with van der Waals surface area (Å²) in [5.41, 5.74) is 1.53. The highest BCUT2D eigenvalue weighted by Gasteiger charge is 2.14. The molecule has 0 saturated heterocycles. The summed E-state index contributed by atoms with van der Waals surface area (Å²) in [4.78, 5) is 11.8. The van der Waals surface area contributed by atoms with Crippen LogP contribution in [0, 0.1) is 18.6 Å². The first-order chi connectivity index (χ1) is 11.4. The average molecular weight is 336 g/mol. The lowest BCUT2D eigenvalue weighted by Gasteiger charge is -2.15. The van der Waals surface area contributed by atoms with Crippen LogP contribution in [0.15, 0.2) is 36.4 Å². The first-order valence-electron chi connectivity index (χ1n) is 7.24. The van der Waals surface area contributed by atoms with Gasteiger partial charge in [-0.2, -0.15) is 0 Å². The van der Waals surface area contributed by atoms with E-state index >= 15 is 0 Å². The number of methoxy groups -OCH3 is 1. The molecule has 24 heavy (non-hydrogen) atoms. The fourth-order valence-electron chi connectivity index (χ4n) is 2.26. The molecule has 2 aromatic carbocycles. The number of anilines is 1. The van der Waals surface area contributed by atoms with Gasteiger partial charge in [-0.25, -0.2) is 13.6 Å². The molecule has 2 aromatic rings. The Kier molecular flexibility index (Phi) is 5.70. The van der Waals surface area contributed by atoms with Crippen molar-refractivity contribution in [3.05, 3.63) is 59.2 Å². The zero-order valence-corrected chi connectivity index (χ0v) is 13.3. The zero-order chi connectivity index (χ0) is 17.7. The Morgan fingerprint density at radius 3 is 2.46 bits per heavy atom. The Labute approximate surface area is 138 Å². The lowest BCUT2D eigenvalue weighted by atomic mass is 10.0. The highest BCUT2D eigenvalue weighted by atomic mass is 19.1. The van der Waals surface area contributed by atoms with Crippen LogP contribution in [0.2, 0.25) is 0 Å². The van der Waals surface area contributed by atoms with Crippen molar-refractivity contribution in [3.63, 3.8) is 0 Å². The number of rotatable bonds is 5. The number of carbonyl (C=O) groups is 1. The molecule has 2 rings (SSSR count). The molecule has 0 radical (unpaired) electrons. The molecule has 1 atom stereocenters. The summed E-state index contributed by atoms with van der Waals surface area (Å²) in [6, 6.07) is 8.44. The summed E-state index contributed by atoms with van der Waals surface area (Å²) in [7, 11) is 1.15. The number of nitrogens with one attached hydrogen (secondary N) is 2. The van der Waals surface area contributed by atoms with Gasteiger partial charge < -0.3 is 20.5 Å². The number of ether oxygens (including phenoxy) is 1. The predicted molar refractivity (Wildman–Crippen MR) is 86.1 cm³/mol. The van der Waals surface area contributed by atoms with Crippen LogP contribution < -0.4 is 15.4 Å². The van der Waals surface area contributed by atoms with Crippen LogP contribution in [0.3, 0.4) is 0 Å². The number of halogens is 2. The molecule has 0 aliphatic carbocycles. The van der Waals surface area contributed by atoms with Crippen LogP contribution in [-0.4, -0.2) is 24.8 Å². The Morgan fingerprint density at radius 2 is 1.88 bits per heavy atom. The number of aliphatic hydroxyl groups excluding tert-OH is 1. The second kappa shape index (κ2) is 7.74. The van der Waals surface area contributed by atoms with E-state index in [2.05, 4.69) is 15.4 Å². The number of hydrogen-bond donors (Lipinski definition) is 3. The number of benzene rings is 2. The summed E-state index contributed by atoms with van der Waals surface area (Å²) < 4.78 is 31.7. The molecule has 7 heteroatoms. The minimum Gasteiger partial charge on any atom is -0.491 e. The second-order valence-electron chi connectivity index (χ2n) is 5.18. The molecule has 3 N–H and O–H groups in total. The molecule has 1 unspecified atom stereocenters. The van der Waals surface area contributed by atoms with Crippen molar-refractivity contribution >= 4 is 11.7 Å². The van der Waals surface area contributed by atoms with Crippen LogP contribution in [0.5, 0.6) is 5.75 Å². The average Bonchev–Trinajstić information content (AvgIpc) is 2.53.